The first kappa shape index (κ1) is 10.4. The van der Waals surface area contributed by atoms with Crippen LogP contribution in [0, 0.1) is 0 Å². The fourth-order valence-electron chi connectivity index (χ4n) is 0.629. The first-order chi connectivity index (χ1) is 4.95. The van der Waals surface area contributed by atoms with Gasteiger partial charge in [-0.1, -0.05) is 23.8 Å². The number of aliphatic hydroxyl groups is 1. The normalized spacial score (nSPS) is 14.5. The van der Waals surface area contributed by atoms with Gasteiger partial charge in [0.25, 0.3) is 0 Å². The molecule has 0 spiro atoms. The molecule has 0 aliphatic carbocycles. The molecule has 0 saturated carbocycles. The molecule has 1 nitrogen and oxygen atoms in total. The quantitative estimate of drug-likeness (QED) is 0.620. The molecule has 0 aliphatic rings. The van der Waals surface area contributed by atoms with E-state index in [1.807, 2.05) is 45.9 Å². The van der Waals surface area contributed by atoms with E-state index in [1.54, 1.807) is 0 Å². The predicted octanol–water partition coefficient (Wildman–Crippen LogP) is 2.67. The Morgan fingerprint density at radius 1 is 1.45 bits per heavy atom. The van der Waals surface area contributed by atoms with Crippen molar-refractivity contribution in [3.05, 3.63) is 23.8 Å². The molecule has 64 valence electrons. The second-order valence-electron chi connectivity index (χ2n) is 3.45. The van der Waals surface area contributed by atoms with Gasteiger partial charge in [0, 0.05) is 0 Å². The van der Waals surface area contributed by atoms with Gasteiger partial charge in [-0.25, -0.2) is 0 Å². The molecule has 0 aliphatic heterocycles. The average Bonchev–Trinajstić information content (AvgIpc) is 1.85. The van der Waals surface area contributed by atoms with Crippen molar-refractivity contribution in [2.75, 3.05) is 0 Å². The molecule has 0 unspecified atom stereocenters. The second-order valence-corrected chi connectivity index (χ2v) is 3.45. The molecule has 0 aromatic rings. The molecule has 0 fully saturated rings. The Bertz CT molecular complexity index is 158. The van der Waals surface area contributed by atoms with Gasteiger partial charge < -0.3 is 5.11 Å². The highest BCUT2D eigenvalue weighted by atomic mass is 16.3. The molecule has 11 heavy (non-hydrogen) atoms. The third-order valence-corrected chi connectivity index (χ3v) is 1.45. The highest BCUT2D eigenvalue weighted by Gasteiger charge is 2.08. The summed E-state index contributed by atoms with van der Waals surface area (Å²) in [6.07, 6.45) is 6.77. The summed E-state index contributed by atoms with van der Waals surface area (Å²) >= 11 is 0. The average molecular weight is 154 g/mol. The molecule has 0 bridgehead atoms. The van der Waals surface area contributed by atoms with Crippen molar-refractivity contribution in [1.82, 2.24) is 0 Å². The number of hydrogen-bond acceptors (Lipinski definition) is 1. The van der Waals surface area contributed by atoms with Crippen LogP contribution in [0.25, 0.3) is 0 Å². The third kappa shape index (κ3) is 7.34. The van der Waals surface area contributed by atoms with E-state index in [0.717, 1.165) is 0 Å². The summed E-state index contributed by atoms with van der Waals surface area (Å²) in [5.41, 5.74) is 0.652. The van der Waals surface area contributed by atoms with Crippen LogP contribution in [0.3, 0.4) is 0 Å². The van der Waals surface area contributed by atoms with Crippen molar-refractivity contribution in [2.24, 2.45) is 0 Å². The minimum absolute atomic E-state index is 0.579. The molecule has 0 atom stereocenters. The molecule has 0 heterocycles. The summed E-state index contributed by atoms with van der Waals surface area (Å²) < 4.78 is 0. The van der Waals surface area contributed by atoms with Crippen LogP contribution in [-0.2, 0) is 0 Å². The van der Waals surface area contributed by atoms with Gasteiger partial charge in [0.2, 0.25) is 0 Å². The fraction of sp³-hybridized carbons (Fsp3) is 0.600. The minimum atomic E-state index is -0.579. The Morgan fingerprint density at radius 2 is 2.00 bits per heavy atom. The van der Waals surface area contributed by atoms with Crippen molar-refractivity contribution < 1.29 is 5.11 Å². The number of hydrogen-bond donors (Lipinski definition) is 1. The van der Waals surface area contributed by atoms with Gasteiger partial charge >= 0.3 is 0 Å². The Balaban J connectivity index is 3.79. The van der Waals surface area contributed by atoms with Crippen molar-refractivity contribution >= 4 is 0 Å². The van der Waals surface area contributed by atoms with Crippen LogP contribution in [0.4, 0.5) is 0 Å². The van der Waals surface area contributed by atoms with E-state index < -0.39 is 5.60 Å². The van der Waals surface area contributed by atoms with Crippen molar-refractivity contribution in [1.29, 1.82) is 0 Å². The minimum Gasteiger partial charge on any atom is -0.390 e. The molecule has 0 aromatic heterocycles. The molecule has 0 radical (unpaired) electrons. The summed E-state index contributed by atoms with van der Waals surface area (Å²) in [5.74, 6) is 0. The summed E-state index contributed by atoms with van der Waals surface area (Å²) in [4.78, 5) is 0. The fourth-order valence-corrected chi connectivity index (χ4v) is 0.629. The zero-order chi connectivity index (χ0) is 8.91. The van der Waals surface area contributed by atoms with Gasteiger partial charge in [-0.2, -0.15) is 0 Å². The molecule has 0 rings (SSSR count). The van der Waals surface area contributed by atoms with Crippen LogP contribution in [0.2, 0.25) is 0 Å². The Morgan fingerprint density at radius 3 is 2.36 bits per heavy atom. The lowest BCUT2D eigenvalue weighted by atomic mass is 10.1. The number of rotatable bonds is 3. The summed E-state index contributed by atoms with van der Waals surface area (Å²) in [5, 5.41) is 9.33. The third-order valence-electron chi connectivity index (χ3n) is 1.45. The van der Waals surface area contributed by atoms with Crippen LogP contribution in [-0.4, -0.2) is 10.7 Å². The molecular formula is C10H18O. The van der Waals surface area contributed by atoms with Crippen molar-refractivity contribution in [3.8, 4) is 0 Å². The van der Waals surface area contributed by atoms with E-state index in [0.29, 0.717) is 6.42 Å². The van der Waals surface area contributed by atoms with E-state index >= 15 is 0 Å². The molecular weight excluding hydrogens is 136 g/mol. The maximum absolute atomic E-state index is 9.33. The Hall–Kier alpha value is -0.560. The van der Waals surface area contributed by atoms with Crippen LogP contribution >= 0.6 is 0 Å². The lowest BCUT2D eigenvalue weighted by Gasteiger charge is -2.13. The molecule has 0 aromatic carbocycles. The lowest BCUT2D eigenvalue weighted by Crippen LogP contribution is -2.16. The van der Waals surface area contributed by atoms with Gasteiger partial charge in [0.1, 0.15) is 0 Å². The highest BCUT2D eigenvalue weighted by molar-refractivity contribution is 5.14. The largest absolute Gasteiger partial charge is 0.390 e. The zero-order valence-corrected chi connectivity index (χ0v) is 7.89. The predicted molar refractivity (Wildman–Crippen MR) is 49.5 cm³/mol. The molecule has 0 amide bonds. The molecule has 0 saturated heterocycles. The van der Waals surface area contributed by atoms with E-state index in [4.69, 9.17) is 0 Å². The van der Waals surface area contributed by atoms with Crippen LogP contribution in [0.15, 0.2) is 23.8 Å². The monoisotopic (exact) mass is 154 g/mol. The van der Waals surface area contributed by atoms with Crippen molar-refractivity contribution in [2.45, 2.75) is 39.7 Å². The smallest absolute Gasteiger partial charge is 0.0626 e. The first-order valence-electron chi connectivity index (χ1n) is 3.97. The van der Waals surface area contributed by atoms with Gasteiger partial charge in [0.15, 0.2) is 0 Å². The van der Waals surface area contributed by atoms with Crippen LogP contribution < -0.4 is 0 Å². The highest BCUT2D eigenvalue weighted by Crippen LogP contribution is 2.08. The van der Waals surface area contributed by atoms with Crippen molar-refractivity contribution in [3.63, 3.8) is 0 Å². The van der Waals surface area contributed by atoms with Gasteiger partial charge in [-0.05, 0) is 34.1 Å². The number of allylic oxidation sites excluding steroid dienone is 3. The zero-order valence-electron chi connectivity index (χ0n) is 7.89. The van der Waals surface area contributed by atoms with E-state index in [9.17, 15) is 5.11 Å². The van der Waals surface area contributed by atoms with Gasteiger partial charge in [-0.3, -0.25) is 0 Å². The van der Waals surface area contributed by atoms with E-state index in [1.165, 1.54) is 5.57 Å². The maximum Gasteiger partial charge on any atom is 0.0626 e. The van der Waals surface area contributed by atoms with Crippen LogP contribution in [0.1, 0.15) is 34.1 Å². The van der Waals surface area contributed by atoms with Gasteiger partial charge in [-0.15, -0.1) is 0 Å². The Labute approximate surface area is 69.4 Å². The molecule has 1 heteroatoms. The summed E-state index contributed by atoms with van der Waals surface area (Å²) in [6, 6.07) is 0. The van der Waals surface area contributed by atoms with Gasteiger partial charge in [0.05, 0.1) is 5.60 Å². The van der Waals surface area contributed by atoms with E-state index in [-0.39, 0.29) is 0 Å². The topological polar surface area (TPSA) is 20.2 Å². The second kappa shape index (κ2) is 4.35. The first-order valence-corrected chi connectivity index (χ1v) is 3.97. The van der Waals surface area contributed by atoms with E-state index in [2.05, 4.69) is 0 Å². The molecule has 1 N–H and O–H groups in total. The standard InChI is InChI=1S/C10H18O/c1-5-9(2)7-6-8-10(3,4)11/h5-7,11H,8H2,1-4H3/b7-6+,9-5+. The summed E-state index contributed by atoms with van der Waals surface area (Å²) in [7, 11) is 0. The summed E-state index contributed by atoms with van der Waals surface area (Å²) in [6.45, 7) is 7.66. The van der Waals surface area contributed by atoms with Crippen LogP contribution in [0.5, 0.6) is 0 Å². The lowest BCUT2D eigenvalue weighted by molar-refractivity contribution is 0.0839. The maximum atomic E-state index is 9.33. The Kier molecular flexibility index (Phi) is 4.12. The SMILES string of the molecule is C/C=C(C)/C=C/CC(C)(C)O.